The van der Waals surface area contributed by atoms with E-state index in [-0.39, 0.29) is 0 Å². The summed E-state index contributed by atoms with van der Waals surface area (Å²) in [5.74, 6) is 0. The molecule has 0 saturated heterocycles. The third-order valence-electron chi connectivity index (χ3n) is 10.2. The number of nitriles is 1. The van der Waals surface area contributed by atoms with Gasteiger partial charge in [-0.1, -0.05) is 115 Å². The number of nitrogens with zero attached hydrogens (tertiary/aromatic N) is 2. The molecule has 0 amide bonds. The summed E-state index contributed by atoms with van der Waals surface area (Å²) < 4.78 is 8.69. The molecule has 3 heteroatoms. The van der Waals surface area contributed by atoms with Gasteiger partial charge >= 0.3 is 0 Å². The molecule has 0 saturated carbocycles. The van der Waals surface area contributed by atoms with Crippen molar-refractivity contribution in [3.63, 3.8) is 0 Å². The van der Waals surface area contributed by atoms with E-state index >= 15 is 0 Å². The lowest BCUT2D eigenvalue weighted by atomic mass is 9.96. The van der Waals surface area contributed by atoms with E-state index in [2.05, 4.69) is 181 Å². The summed E-state index contributed by atoms with van der Waals surface area (Å²) in [6.45, 7) is 5.25. The second kappa shape index (κ2) is 14.2. The normalized spacial score (nSPS) is 11.1. The Morgan fingerprint density at radius 2 is 0.891 bits per heavy atom. The van der Waals surface area contributed by atoms with Gasteiger partial charge in [-0.2, -0.15) is 5.26 Å². The minimum absolute atomic E-state index is 0.647. The predicted molar refractivity (Wildman–Crippen MR) is 230 cm³/mol. The second-order valence-electron chi connectivity index (χ2n) is 13.7. The van der Waals surface area contributed by atoms with Crippen molar-refractivity contribution in [3.05, 3.63) is 200 Å². The number of fused-ring (bicyclic) bond motifs is 6. The number of aromatic nitrogens is 1. The first-order chi connectivity index (χ1) is 27.1. The van der Waals surface area contributed by atoms with Crippen LogP contribution >= 0.6 is 0 Å². The molecule has 0 bridgehead atoms. The van der Waals surface area contributed by atoms with E-state index in [0.717, 1.165) is 71.7 Å². The summed E-state index contributed by atoms with van der Waals surface area (Å²) in [5, 5.41) is 14.1. The number of allylic oxidation sites excluding steroid dienone is 1. The molecule has 0 aliphatic heterocycles. The van der Waals surface area contributed by atoms with E-state index in [1.807, 2.05) is 25.1 Å². The van der Waals surface area contributed by atoms with Crippen molar-refractivity contribution in [1.29, 1.82) is 5.26 Å². The Kier molecular flexibility index (Phi) is 8.63. The summed E-state index contributed by atoms with van der Waals surface area (Å²) in [7, 11) is 0. The standard InChI is InChI=1S/C49H30N2O.C3H6/c50-31-32-17-21-46-42(25-32)43-28-39(34-11-5-2-6-12-34)18-22-47(43)51(46)41-20-24-49-45(30-41)44-29-40(19-23-48(44)52-49)38-16-8-15-37(27-38)36-14-7-13-35(26-36)33-9-3-1-4-10-33;1-3-2/h1-30H;3H,1H2,2H3. The highest BCUT2D eigenvalue weighted by Crippen LogP contribution is 2.39. The van der Waals surface area contributed by atoms with Crippen LogP contribution in [0.25, 0.3) is 93.9 Å². The molecule has 0 fully saturated rings. The van der Waals surface area contributed by atoms with Crippen molar-refractivity contribution in [2.24, 2.45) is 0 Å². The van der Waals surface area contributed by atoms with Crippen molar-refractivity contribution in [2.45, 2.75) is 6.92 Å². The monoisotopic (exact) mass is 704 g/mol. The van der Waals surface area contributed by atoms with Crippen LogP contribution in [0.4, 0.5) is 0 Å². The van der Waals surface area contributed by atoms with Crippen molar-refractivity contribution >= 4 is 43.7 Å². The van der Waals surface area contributed by atoms with Gasteiger partial charge in [0.2, 0.25) is 0 Å². The van der Waals surface area contributed by atoms with Crippen LogP contribution in [0, 0.1) is 11.3 Å². The van der Waals surface area contributed by atoms with Gasteiger partial charge in [-0.25, -0.2) is 0 Å². The Labute approximate surface area is 320 Å². The van der Waals surface area contributed by atoms with Gasteiger partial charge in [-0.3, -0.25) is 0 Å². The van der Waals surface area contributed by atoms with Gasteiger partial charge in [-0.15, -0.1) is 6.58 Å². The molecule has 0 aliphatic rings. The third kappa shape index (κ3) is 6.16. The molecule has 10 aromatic rings. The van der Waals surface area contributed by atoms with Crippen molar-refractivity contribution in [1.82, 2.24) is 4.57 Å². The van der Waals surface area contributed by atoms with E-state index in [0.29, 0.717) is 5.56 Å². The van der Waals surface area contributed by atoms with Crippen LogP contribution < -0.4 is 0 Å². The van der Waals surface area contributed by atoms with Gasteiger partial charge in [0.1, 0.15) is 11.2 Å². The van der Waals surface area contributed by atoms with Crippen LogP contribution in [-0.4, -0.2) is 4.57 Å². The van der Waals surface area contributed by atoms with E-state index < -0.39 is 0 Å². The van der Waals surface area contributed by atoms with E-state index in [1.165, 1.54) is 22.3 Å². The molecule has 0 atom stereocenters. The van der Waals surface area contributed by atoms with E-state index in [1.54, 1.807) is 6.08 Å². The van der Waals surface area contributed by atoms with Crippen molar-refractivity contribution in [2.75, 3.05) is 0 Å². The number of hydrogen-bond acceptors (Lipinski definition) is 2. The minimum Gasteiger partial charge on any atom is -0.456 e. The molecule has 8 aromatic carbocycles. The Morgan fingerprint density at radius 1 is 0.455 bits per heavy atom. The molecule has 10 rings (SSSR count). The van der Waals surface area contributed by atoms with E-state index in [9.17, 15) is 5.26 Å². The first kappa shape index (κ1) is 33.4. The Balaban J connectivity index is 0.00000128. The Bertz CT molecular complexity index is 3070. The molecule has 0 spiro atoms. The first-order valence-corrected chi connectivity index (χ1v) is 18.5. The smallest absolute Gasteiger partial charge is 0.135 e. The van der Waals surface area contributed by atoms with E-state index in [4.69, 9.17) is 4.42 Å². The summed E-state index contributed by atoms with van der Waals surface area (Å²) in [5.41, 5.74) is 14.9. The van der Waals surface area contributed by atoms with Crippen LogP contribution in [0.3, 0.4) is 0 Å². The maximum Gasteiger partial charge on any atom is 0.135 e. The second-order valence-corrected chi connectivity index (χ2v) is 13.7. The van der Waals surface area contributed by atoms with Gasteiger partial charge in [0.05, 0.1) is 22.7 Å². The molecule has 2 aromatic heterocycles. The zero-order chi connectivity index (χ0) is 37.3. The molecule has 55 heavy (non-hydrogen) atoms. The fourth-order valence-electron chi connectivity index (χ4n) is 7.65. The molecular formula is C52H36N2O. The number of hydrogen-bond donors (Lipinski definition) is 0. The SMILES string of the molecule is C=CC.N#Cc1ccc2c(c1)c1cc(-c3ccccc3)ccc1n2-c1ccc2oc3ccc(-c4cccc(-c5cccc(-c6ccccc6)c5)c4)cc3c2c1. The van der Waals surface area contributed by atoms with Crippen LogP contribution in [0.5, 0.6) is 0 Å². The predicted octanol–water partition coefficient (Wildman–Crippen LogP) is 14.4. The number of benzene rings is 8. The average Bonchev–Trinajstić information content (AvgIpc) is 3.78. The maximum atomic E-state index is 9.79. The molecule has 3 nitrogen and oxygen atoms in total. The zero-order valence-electron chi connectivity index (χ0n) is 30.4. The highest BCUT2D eigenvalue weighted by Gasteiger charge is 2.17. The first-order valence-electron chi connectivity index (χ1n) is 18.5. The molecule has 0 N–H and O–H groups in total. The largest absolute Gasteiger partial charge is 0.456 e. The zero-order valence-corrected chi connectivity index (χ0v) is 30.4. The van der Waals surface area contributed by atoms with Gasteiger partial charge < -0.3 is 8.98 Å². The molecule has 2 heterocycles. The quantitative estimate of drug-likeness (QED) is 0.167. The molecule has 0 unspecified atom stereocenters. The van der Waals surface area contributed by atoms with Gasteiger partial charge in [0.15, 0.2) is 0 Å². The van der Waals surface area contributed by atoms with Crippen molar-refractivity contribution < 1.29 is 4.42 Å². The molecular weight excluding hydrogens is 669 g/mol. The lowest BCUT2D eigenvalue weighted by molar-refractivity contribution is 0.669. The highest BCUT2D eigenvalue weighted by atomic mass is 16.3. The van der Waals surface area contributed by atoms with Gasteiger partial charge in [0, 0.05) is 27.2 Å². The van der Waals surface area contributed by atoms with Crippen LogP contribution in [0.1, 0.15) is 12.5 Å². The summed E-state index contributed by atoms with van der Waals surface area (Å²) in [6.07, 6.45) is 1.75. The number of rotatable bonds is 5. The van der Waals surface area contributed by atoms with Crippen LogP contribution in [-0.2, 0) is 0 Å². The van der Waals surface area contributed by atoms with Gasteiger partial charge in [0.25, 0.3) is 0 Å². The topological polar surface area (TPSA) is 41.9 Å². The van der Waals surface area contributed by atoms with Crippen LogP contribution in [0.2, 0.25) is 0 Å². The Morgan fingerprint density at radius 3 is 1.49 bits per heavy atom. The maximum absolute atomic E-state index is 9.79. The summed E-state index contributed by atoms with van der Waals surface area (Å²) >= 11 is 0. The van der Waals surface area contributed by atoms with Gasteiger partial charge in [-0.05, 0) is 124 Å². The molecule has 0 aliphatic carbocycles. The fraction of sp³-hybridized carbons (Fsp3) is 0.0192. The lowest BCUT2D eigenvalue weighted by Crippen LogP contribution is -1.93. The number of furan rings is 1. The molecule has 260 valence electrons. The Hall–Kier alpha value is -7.41. The lowest BCUT2D eigenvalue weighted by Gasteiger charge is -2.09. The average molecular weight is 705 g/mol. The van der Waals surface area contributed by atoms with Crippen molar-refractivity contribution in [3.8, 4) is 56.3 Å². The van der Waals surface area contributed by atoms with Crippen LogP contribution in [0.15, 0.2) is 199 Å². The highest BCUT2D eigenvalue weighted by molar-refractivity contribution is 6.12. The fourth-order valence-corrected chi connectivity index (χ4v) is 7.65. The molecule has 0 radical (unpaired) electrons. The summed E-state index contributed by atoms with van der Waals surface area (Å²) in [6, 6.07) is 66.3. The minimum atomic E-state index is 0.647. The third-order valence-corrected chi connectivity index (χ3v) is 10.2. The summed E-state index contributed by atoms with van der Waals surface area (Å²) in [4.78, 5) is 0.